The lowest BCUT2D eigenvalue weighted by molar-refractivity contribution is -0.410. The van der Waals surface area contributed by atoms with Crippen molar-refractivity contribution in [2.75, 3.05) is 26.7 Å². The molecule has 20 heavy (non-hydrogen) atoms. The van der Waals surface area contributed by atoms with Gasteiger partial charge in [-0.3, -0.25) is 0 Å². The lowest BCUT2D eigenvalue weighted by atomic mass is 9.73. The zero-order valence-corrected chi connectivity index (χ0v) is 12.3. The third-order valence-corrected chi connectivity index (χ3v) is 5.99. The van der Waals surface area contributed by atoms with Crippen molar-refractivity contribution in [2.45, 2.75) is 50.5 Å². The van der Waals surface area contributed by atoms with Gasteiger partial charge in [0, 0.05) is 25.5 Å². The highest BCUT2D eigenvalue weighted by molar-refractivity contribution is 5.14. The highest BCUT2D eigenvalue weighted by Crippen LogP contribution is 2.58. The first-order valence-electron chi connectivity index (χ1n) is 7.92. The Kier molecular flexibility index (Phi) is 3.13. The summed E-state index contributed by atoms with van der Waals surface area (Å²) >= 11 is 0. The van der Waals surface area contributed by atoms with Gasteiger partial charge in [-0.2, -0.15) is 0 Å². The Morgan fingerprint density at radius 1 is 1.35 bits per heavy atom. The average molecular weight is 283 g/mol. The van der Waals surface area contributed by atoms with Crippen LogP contribution in [0.15, 0.2) is 0 Å². The van der Waals surface area contributed by atoms with Crippen LogP contribution in [-0.2, 0) is 14.2 Å². The number of methoxy groups -OCH3 is 1. The van der Waals surface area contributed by atoms with Crippen molar-refractivity contribution < 1.29 is 19.3 Å². The average Bonchev–Trinajstić information content (AvgIpc) is 3.02. The summed E-state index contributed by atoms with van der Waals surface area (Å²) < 4.78 is 17.7. The van der Waals surface area contributed by atoms with E-state index in [4.69, 9.17) is 14.2 Å². The number of rotatable bonds is 3. The van der Waals surface area contributed by atoms with Crippen molar-refractivity contribution >= 4 is 0 Å². The largest absolute Gasteiger partial charge is 0.390 e. The first-order valence-corrected chi connectivity index (χ1v) is 7.92. The smallest absolute Gasteiger partial charge is 0.166 e. The molecule has 5 aliphatic rings. The molecule has 5 nitrogen and oxygen atoms in total. The van der Waals surface area contributed by atoms with Crippen LogP contribution in [0, 0.1) is 17.8 Å². The molecule has 4 heterocycles. The van der Waals surface area contributed by atoms with Gasteiger partial charge < -0.3 is 24.2 Å². The fourth-order valence-corrected chi connectivity index (χ4v) is 4.95. The fraction of sp³-hybridized carbons (Fsp3) is 1.00. The van der Waals surface area contributed by atoms with Crippen molar-refractivity contribution in [1.29, 1.82) is 0 Å². The minimum absolute atomic E-state index is 0.156. The van der Waals surface area contributed by atoms with E-state index in [0.717, 1.165) is 26.1 Å². The molecule has 1 N–H and O–H groups in total. The van der Waals surface area contributed by atoms with E-state index in [-0.39, 0.29) is 18.5 Å². The van der Waals surface area contributed by atoms with Crippen molar-refractivity contribution in [3.63, 3.8) is 0 Å². The standard InChI is InChI=1S/C15H25NO4/c1-9-10-7-11(17)15(8-16-5-3-4-6-16)12(10)14(18-2)19-13(9)20-15/h9-14,17H,3-8H2,1-2H3/t9?,10?,11-,12?,13?,14+,15?/m1/s1. The molecule has 1 aliphatic carbocycles. The topological polar surface area (TPSA) is 51.2 Å². The summed E-state index contributed by atoms with van der Waals surface area (Å²) in [7, 11) is 1.70. The number of nitrogens with zero attached hydrogens (tertiary/aromatic N) is 1. The zero-order chi connectivity index (χ0) is 13.9. The van der Waals surface area contributed by atoms with Crippen molar-refractivity contribution in [1.82, 2.24) is 4.90 Å². The molecule has 0 amide bonds. The van der Waals surface area contributed by atoms with E-state index in [2.05, 4.69) is 11.8 Å². The van der Waals surface area contributed by atoms with E-state index in [1.54, 1.807) is 7.11 Å². The summed E-state index contributed by atoms with van der Waals surface area (Å²) in [6.07, 6.45) is 2.48. The number of hydrogen-bond donors (Lipinski definition) is 1. The summed E-state index contributed by atoms with van der Waals surface area (Å²) in [5, 5.41) is 10.7. The Morgan fingerprint density at radius 3 is 2.80 bits per heavy atom. The lowest BCUT2D eigenvalue weighted by Crippen LogP contribution is -2.67. The molecule has 1 saturated carbocycles. The van der Waals surface area contributed by atoms with E-state index in [0.29, 0.717) is 11.8 Å². The molecule has 5 fully saturated rings. The minimum atomic E-state index is -0.481. The molecular weight excluding hydrogens is 258 g/mol. The maximum atomic E-state index is 10.7. The third-order valence-electron chi connectivity index (χ3n) is 5.99. The van der Waals surface area contributed by atoms with Crippen LogP contribution in [0.3, 0.4) is 0 Å². The molecule has 0 spiro atoms. The SMILES string of the molecule is CO[C@H]1OC2OC3(CN4CCCC4)C1C(C[C@H]3O)C2C. The van der Waals surface area contributed by atoms with E-state index in [1.165, 1.54) is 12.8 Å². The summed E-state index contributed by atoms with van der Waals surface area (Å²) in [5.74, 6) is 0.948. The number of fused-ring (bicyclic) bond motifs is 1. The molecule has 0 aromatic rings. The van der Waals surface area contributed by atoms with Gasteiger partial charge in [0.25, 0.3) is 0 Å². The van der Waals surface area contributed by atoms with Crippen LogP contribution < -0.4 is 0 Å². The zero-order valence-electron chi connectivity index (χ0n) is 12.3. The van der Waals surface area contributed by atoms with Crippen LogP contribution >= 0.6 is 0 Å². The fourth-order valence-electron chi connectivity index (χ4n) is 4.95. The maximum Gasteiger partial charge on any atom is 0.166 e. The van der Waals surface area contributed by atoms with Crippen LogP contribution in [0.4, 0.5) is 0 Å². The number of hydrogen-bond acceptors (Lipinski definition) is 5. The summed E-state index contributed by atoms with van der Waals surface area (Å²) in [6, 6.07) is 0. The van der Waals surface area contributed by atoms with Crippen LogP contribution in [-0.4, -0.2) is 61.0 Å². The van der Waals surface area contributed by atoms with E-state index in [9.17, 15) is 5.11 Å². The monoisotopic (exact) mass is 283 g/mol. The summed E-state index contributed by atoms with van der Waals surface area (Å²) in [4.78, 5) is 2.43. The second-order valence-electron chi connectivity index (χ2n) is 6.96. The van der Waals surface area contributed by atoms with Crippen molar-refractivity contribution in [3.8, 4) is 0 Å². The Morgan fingerprint density at radius 2 is 2.10 bits per heavy atom. The molecule has 0 radical (unpaired) electrons. The number of ether oxygens (including phenoxy) is 3. The van der Waals surface area contributed by atoms with E-state index in [1.807, 2.05) is 0 Å². The van der Waals surface area contributed by atoms with E-state index < -0.39 is 11.7 Å². The highest BCUT2D eigenvalue weighted by Gasteiger charge is 2.69. The molecule has 0 aromatic carbocycles. The Hall–Kier alpha value is -0.200. The predicted octanol–water partition coefficient (Wildman–Crippen LogP) is 0.813. The number of likely N-dealkylation sites (tertiary alicyclic amines) is 1. The Labute approximate surface area is 120 Å². The quantitative estimate of drug-likeness (QED) is 0.831. The van der Waals surface area contributed by atoms with Crippen molar-refractivity contribution in [3.05, 3.63) is 0 Å². The first kappa shape index (κ1) is 13.5. The van der Waals surface area contributed by atoms with Crippen LogP contribution in [0.2, 0.25) is 0 Å². The van der Waals surface area contributed by atoms with Crippen molar-refractivity contribution in [2.24, 2.45) is 17.8 Å². The van der Waals surface area contributed by atoms with Gasteiger partial charge in [0.05, 0.1) is 6.10 Å². The third kappa shape index (κ3) is 1.67. The van der Waals surface area contributed by atoms with Gasteiger partial charge in [-0.1, -0.05) is 6.92 Å². The van der Waals surface area contributed by atoms with Crippen LogP contribution in [0.25, 0.3) is 0 Å². The number of aliphatic hydroxyl groups excluding tert-OH is 1. The van der Waals surface area contributed by atoms with Crippen LogP contribution in [0.5, 0.6) is 0 Å². The molecular formula is C15H25NO4. The molecule has 4 aliphatic heterocycles. The Bertz CT molecular complexity index is 386. The molecule has 5 unspecified atom stereocenters. The van der Waals surface area contributed by atoms with E-state index >= 15 is 0 Å². The summed E-state index contributed by atoms with van der Waals surface area (Å²) in [6.45, 7) is 5.23. The van der Waals surface area contributed by atoms with Gasteiger partial charge in [-0.15, -0.1) is 0 Å². The molecule has 5 heteroatoms. The Balaban J connectivity index is 1.66. The lowest BCUT2D eigenvalue weighted by Gasteiger charge is -2.56. The van der Waals surface area contributed by atoms with Gasteiger partial charge in [0.15, 0.2) is 12.6 Å². The molecule has 7 atom stereocenters. The molecule has 5 rings (SSSR count). The van der Waals surface area contributed by atoms with Gasteiger partial charge in [0.2, 0.25) is 0 Å². The normalized spacial score (nSPS) is 54.8. The number of aliphatic hydroxyl groups is 1. The first-order chi connectivity index (χ1) is 9.65. The predicted molar refractivity (Wildman–Crippen MR) is 71.9 cm³/mol. The van der Waals surface area contributed by atoms with Gasteiger partial charge in [-0.05, 0) is 38.3 Å². The molecule has 0 aromatic heterocycles. The maximum absolute atomic E-state index is 10.7. The van der Waals surface area contributed by atoms with Gasteiger partial charge in [-0.25, -0.2) is 0 Å². The molecule has 4 bridgehead atoms. The summed E-state index contributed by atoms with van der Waals surface area (Å²) in [5.41, 5.74) is -0.481. The van der Waals surface area contributed by atoms with Crippen LogP contribution in [0.1, 0.15) is 26.2 Å². The minimum Gasteiger partial charge on any atom is -0.390 e. The van der Waals surface area contributed by atoms with Gasteiger partial charge in [0.1, 0.15) is 5.60 Å². The molecule has 4 saturated heterocycles. The highest BCUT2D eigenvalue weighted by atomic mass is 16.8. The second-order valence-corrected chi connectivity index (χ2v) is 6.96. The molecule has 114 valence electrons. The van der Waals surface area contributed by atoms with Gasteiger partial charge >= 0.3 is 0 Å². The second kappa shape index (κ2) is 4.65.